The quantitative estimate of drug-likeness (QED) is 0.504. The van der Waals surface area contributed by atoms with Crippen LogP contribution < -0.4 is 16.4 Å². The normalized spacial score (nSPS) is 10.4. The molecule has 0 aliphatic heterocycles. The van der Waals surface area contributed by atoms with Gasteiger partial charge in [0.25, 0.3) is 11.8 Å². The number of nitrogens with zero attached hydrogens (tertiary/aromatic N) is 1. The predicted molar refractivity (Wildman–Crippen MR) is 120 cm³/mol. The molecule has 154 valence electrons. The molecule has 0 atom stereocenters. The lowest BCUT2D eigenvalue weighted by Gasteiger charge is -2.23. The number of nitrogens with two attached hydrogens (primary N) is 1. The highest BCUT2D eigenvalue weighted by Crippen LogP contribution is 2.18. The van der Waals surface area contributed by atoms with Crippen LogP contribution in [-0.2, 0) is 6.54 Å². The van der Waals surface area contributed by atoms with Crippen molar-refractivity contribution >= 4 is 23.2 Å². The summed E-state index contributed by atoms with van der Waals surface area (Å²) in [5.74, 6) is -0.350. The average molecular weight is 402 g/mol. The summed E-state index contributed by atoms with van der Waals surface area (Å²) in [7, 11) is 1.86. The molecule has 0 saturated heterocycles. The monoisotopic (exact) mass is 402 g/mol. The van der Waals surface area contributed by atoms with E-state index in [9.17, 15) is 9.59 Å². The van der Waals surface area contributed by atoms with Crippen LogP contribution in [0.3, 0.4) is 0 Å². The number of carbonyl (C=O) groups is 2. The second-order valence-corrected chi connectivity index (χ2v) is 6.93. The van der Waals surface area contributed by atoms with Gasteiger partial charge in [-0.1, -0.05) is 42.5 Å². The summed E-state index contributed by atoms with van der Waals surface area (Å²) >= 11 is 0. The summed E-state index contributed by atoms with van der Waals surface area (Å²) in [6.07, 6.45) is 0. The molecule has 0 aliphatic rings. The van der Waals surface area contributed by atoms with E-state index in [1.54, 1.807) is 53.4 Å². The third-order valence-corrected chi connectivity index (χ3v) is 4.74. The van der Waals surface area contributed by atoms with Crippen molar-refractivity contribution in [1.29, 1.82) is 0 Å². The van der Waals surface area contributed by atoms with Crippen LogP contribution >= 0.6 is 0 Å². The first kappa shape index (κ1) is 21.1. The van der Waals surface area contributed by atoms with Crippen LogP contribution in [0.25, 0.3) is 0 Å². The fourth-order valence-corrected chi connectivity index (χ4v) is 3.06. The third-order valence-electron chi connectivity index (χ3n) is 4.74. The van der Waals surface area contributed by atoms with Crippen LogP contribution in [0.5, 0.6) is 0 Å². The van der Waals surface area contributed by atoms with E-state index in [2.05, 4.69) is 10.6 Å². The van der Waals surface area contributed by atoms with Crippen LogP contribution in [0, 0.1) is 0 Å². The maximum atomic E-state index is 13.1. The van der Waals surface area contributed by atoms with E-state index in [-0.39, 0.29) is 11.8 Å². The smallest absolute Gasteiger partial charge is 0.255 e. The van der Waals surface area contributed by atoms with Crippen LogP contribution in [0.15, 0.2) is 78.9 Å². The van der Waals surface area contributed by atoms with Crippen LogP contribution in [0.2, 0.25) is 0 Å². The van der Waals surface area contributed by atoms with Crippen molar-refractivity contribution in [3.8, 4) is 0 Å². The van der Waals surface area contributed by atoms with E-state index in [0.717, 1.165) is 5.56 Å². The number of nitrogens with one attached hydrogen (secondary N) is 2. The topological polar surface area (TPSA) is 87.5 Å². The Morgan fingerprint density at radius 3 is 2.17 bits per heavy atom. The molecule has 6 heteroatoms. The zero-order valence-electron chi connectivity index (χ0n) is 17.0. The molecule has 30 heavy (non-hydrogen) atoms. The number of benzene rings is 3. The average Bonchev–Trinajstić information content (AvgIpc) is 2.78. The minimum atomic E-state index is -0.275. The van der Waals surface area contributed by atoms with E-state index in [1.807, 2.05) is 37.4 Å². The number of likely N-dealkylation sites (N-methyl/N-ethyl adjacent to an activating group) is 1. The lowest BCUT2D eigenvalue weighted by atomic mass is 10.1. The van der Waals surface area contributed by atoms with E-state index in [1.165, 1.54) is 0 Å². The van der Waals surface area contributed by atoms with Crippen molar-refractivity contribution in [3.63, 3.8) is 0 Å². The molecule has 0 spiro atoms. The number of rotatable bonds is 8. The van der Waals surface area contributed by atoms with Crippen LogP contribution in [0.4, 0.5) is 11.4 Å². The molecule has 0 saturated carbocycles. The molecule has 0 radical (unpaired) electrons. The van der Waals surface area contributed by atoms with Crippen molar-refractivity contribution in [3.05, 3.63) is 95.6 Å². The molecule has 6 nitrogen and oxygen atoms in total. The maximum Gasteiger partial charge on any atom is 0.255 e. The van der Waals surface area contributed by atoms with Crippen molar-refractivity contribution in [2.45, 2.75) is 6.54 Å². The molecule has 3 aromatic carbocycles. The van der Waals surface area contributed by atoms with Crippen LogP contribution in [-0.4, -0.2) is 36.9 Å². The Morgan fingerprint density at radius 1 is 0.867 bits per heavy atom. The third kappa shape index (κ3) is 5.46. The number of carbonyl (C=O) groups excluding carboxylic acids is 2. The molecule has 2 amide bonds. The molecule has 0 bridgehead atoms. The van der Waals surface area contributed by atoms with Gasteiger partial charge in [0.05, 0.1) is 11.4 Å². The molecule has 0 aliphatic carbocycles. The Balaban J connectivity index is 1.71. The molecule has 0 aromatic heterocycles. The second-order valence-electron chi connectivity index (χ2n) is 6.93. The van der Waals surface area contributed by atoms with E-state index in [0.29, 0.717) is 42.1 Å². The Labute approximate surface area is 176 Å². The number of nitrogen functional groups attached to an aromatic ring is 1. The minimum absolute atomic E-state index is 0.0756. The molecule has 3 aromatic rings. The van der Waals surface area contributed by atoms with Gasteiger partial charge < -0.3 is 21.3 Å². The predicted octanol–water partition coefficient (Wildman–Crippen LogP) is 3.38. The fraction of sp³-hybridized carbons (Fsp3) is 0.167. The first-order valence-corrected chi connectivity index (χ1v) is 9.82. The molecular weight excluding hydrogens is 376 g/mol. The number of anilines is 2. The van der Waals surface area contributed by atoms with Gasteiger partial charge in [-0.25, -0.2) is 0 Å². The zero-order valence-corrected chi connectivity index (χ0v) is 17.0. The Kier molecular flexibility index (Phi) is 7.19. The summed E-state index contributed by atoms with van der Waals surface area (Å²) < 4.78 is 0. The highest BCUT2D eigenvalue weighted by molar-refractivity contribution is 6.06. The van der Waals surface area contributed by atoms with Gasteiger partial charge in [0, 0.05) is 30.8 Å². The van der Waals surface area contributed by atoms with Gasteiger partial charge in [-0.05, 0) is 49.0 Å². The van der Waals surface area contributed by atoms with Gasteiger partial charge in [0.1, 0.15) is 0 Å². The van der Waals surface area contributed by atoms with Gasteiger partial charge in [-0.2, -0.15) is 0 Å². The fourth-order valence-electron chi connectivity index (χ4n) is 3.06. The highest BCUT2D eigenvalue weighted by atomic mass is 16.2. The Morgan fingerprint density at radius 2 is 1.50 bits per heavy atom. The second kappa shape index (κ2) is 10.2. The van der Waals surface area contributed by atoms with Gasteiger partial charge >= 0.3 is 0 Å². The van der Waals surface area contributed by atoms with Crippen molar-refractivity contribution in [2.75, 3.05) is 31.2 Å². The molecule has 0 heterocycles. The maximum absolute atomic E-state index is 13.1. The van der Waals surface area contributed by atoms with E-state index < -0.39 is 0 Å². The standard InChI is InChI=1S/C24H26N4O2/c1-26-15-16-28(17-18-7-3-2-4-8-18)24(30)20-13-11-19(12-14-20)23(29)27-22-10-6-5-9-21(22)25/h2-14,26H,15-17,25H2,1H3,(H,27,29). The van der Waals surface area contributed by atoms with Gasteiger partial charge in [-0.15, -0.1) is 0 Å². The zero-order chi connectivity index (χ0) is 21.3. The number of para-hydroxylation sites is 2. The molecule has 4 N–H and O–H groups in total. The minimum Gasteiger partial charge on any atom is -0.397 e. The lowest BCUT2D eigenvalue weighted by Crippen LogP contribution is -2.35. The van der Waals surface area contributed by atoms with Crippen molar-refractivity contribution in [2.24, 2.45) is 0 Å². The van der Waals surface area contributed by atoms with Crippen molar-refractivity contribution in [1.82, 2.24) is 10.2 Å². The first-order chi connectivity index (χ1) is 14.6. The Hall–Kier alpha value is -3.64. The molecular formula is C24H26N4O2. The van der Waals surface area contributed by atoms with E-state index >= 15 is 0 Å². The van der Waals surface area contributed by atoms with Gasteiger partial charge in [0.2, 0.25) is 0 Å². The summed E-state index contributed by atoms with van der Waals surface area (Å²) in [5.41, 5.74) is 9.00. The van der Waals surface area contributed by atoms with Gasteiger partial charge in [0.15, 0.2) is 0 Å². The Bertz CT molecular complexity index is 988. The number of amides is 2. The molecule has 0 unspecified atom stereocenters. The summed E-state index contributed by atoms with van der Waals surface area (Å²) in [6.45, 7) is 1.80. The summed E-state index contributed by atoms with van der Waals surface area (Å²) in [6, 6.07) is 23.6. The summed E-state index contributed by atoms with van der Waals surface area (Å²) in [4.78, 5) is 27.3. The largest absolute Gasteiger partial charge is 0.397 e. The van der Waals surface area contributed by atoms with Crippen LogP contribution in [0.1, 0.15) is 26.3 Å². The highest BCUT2D eigenvalue weighted by Gasteiger charge is 2.17. The number of hydrogen-bond donors (Lipinski definition) is 3. The SMILES string of the molecule is CNCCN(Cc1ccccc1)C(=O)c1ccc(C(=O)Nc2ccccc2N)cc1. The lowest BCUT2D eigenvalue weighted by molar-refractivity contribution is 0.0745. The first-order valence-electron chi connectivity index (χ1n) is 9.82. The molecule has 3 rings (SSSR count). The van der Waals surface area contributed by atoms with Gasteiger partial charge in [-0.3, -0.25) is 9.59 Å². The molecule has 0 fully saturated rings. The van der Waals surface area contributed by atoms with Crippen molar-refractivity contribution < 1.29 is 9.59 Å². The summed E-state index contributed by atoms with van der Waals surface area (Å²) in [5, 5.41) is 5.88. The number of hydrogen-bond acceptors (Lipinski definition) is 4. The van der Waals surface area contributed by atoms with E-state index in [4.69, 9.17) is 5.73 Å².